The van der Waals surface area contributed by atoms with Gasteiger partial charge in [-0.15, -0.1) is 0 Å². The lowest BCUT2D eigenvalue weighted by Crippen LogP contribution is -2.34. The molecule has 0 radical (unpaired) electrons. The zero-order chi connectivity index (χ0) is 16.2. The van der Waals surface area contributed by atoms with E-state index in [4.69, 9.17) is 5.11 Å². The predicted octanol–water partition coefficient (Wildman–Crippen LogP) is 2.05. The van der Waals surface area contributed by atoms with Gasteiger partial charge in [-0.05, 0) is 44.5 Å². The van der Waals surface area contributed by atoms with Crippen LogP contribution in [0.4, 0.5) is 0 Å². The number of likely N-dealkylation sites (tertiary alicyclic amines) is 1. The number of carboxylic acids is 1. The molecule has 6 nitrogen and oxygen atoms in total. The molecule has 1 saturated heterocycles. The van der Waals surface area contributed by atoms with Gasteiger partial charge in [-0.1, -0.05) is 6.07 Å². The quantitative estimate of drug-likeness (QED) is 0.914. The molecule has 1 aliphatic heterocycles. The summed E-state index contributed by atoms with van der Waals surface area (Å²) in [5.41, 5.74) is 3.14. The molecule has 1 fully saturated rings. The highest BCUT2D eigenvalue weighted by molar-refractivity contribution is 5.66. The second-order valence-corrected chi connectivity index (χ2v) is 6.18. The number of aliphatic carboxylic acids is 1. The standard InChI is InChI=1S/C17H22N4O2/c1-13-4-2-6-15(18-13)11-20-8-3-5-14(10-20)16-7-9-21(19-16)12-17(22)23/h2,4,6-7,9,14H,3,5,8,10-12H2,1H3,(H,22,23)/t14-/m1/s1. The molecule has 0 aromatic carbocycles. The van der Waals surface area contributed by atoms with Crippen LogP contribution in [0.2, 0.25) is 0 Å². The molecule has 23 heavy (non-hydrogen) atoms. The third-order valence-electron chi connectivity index (χ3n) is 4.21. The molecular formula is C17H22N4O2. The predicted molar refractivity (Wildman–Crippen MR) is 86.1 cm³/mol. The molecule has 0 spiro atoms. The molecule has 122 valence electrons. The average Bonchev–Trinajstić information content (AvgIpc) is 2.95. The lowest BCUT2D eigenvalue weighted by Gasteiger charge is -2.31. The van der Waals surface area contributed by atoms with Crippen LogP contribution in [0.5, 0.6) is 0 Å². The van der Waals surface area contributed by atoms with E-state index in [-0.39, 0.29) is 6.54 Å². The third-order valence-corrected chi connectivity index (χ3v) is 4.21. The fraction of sp³-hybridized carbons (Fsp3) is 0.471. The summed E-state index contributed by atoms with van der Waals surface area (Å²) in [6.45, 7) is 4.80. The highest BCUT2D eigenvalue weighted by Gasteiger charge is 2.23. The van der Waals surface area contributed by atoms with Crippen molar-refractivity contribution in [2.24, 2.45) is 0 Å². The SMILES string of the molecule is Cc1cccc(CN2CCC[C@@H](c3ccn(CC(=O)O)n3)C2)n1. The highest BCUT2D eigenvalue weighted by atomic mass is 16.4. The van der Waals surface area contributed by atoms with Gasteiger partial charge in [0.15, 0.2) is 0 Å². The maximum absolute atomic E-state index is 10.8. The Kier molecular flexibility index (Phi) is 4.71. The smallest absolute Gasteiger partial charge is 0.325 e. The normalized spacial score (nSPS) is 18.9. The van der Waals surface area contributed by atoms with Crippen LogP contribution in [0, 0.1) is 6.92 Å². The second-order valence-electron chi connectivity index (χ2n) is 6.18. The summed E-state index contributed by atoms with van der Waals surface area (Å²) in [6, 6.07) is 8.07. The van der Waals surface area contributed by atoms with E-state index in [0.717, 1.165) is 49.6 Å². The Balaban J connectivity index is 1.63. The Morgan fingerprint density at radius 1 is 1.39 bits per heavy atom. The average molecular weight is 314 g/mol. The summed E-state index contributed by atoms with van der Waals surface area (Å²) in [5, 5.41) is 13.3. The molecule has 0 aliphatic carbocycles. The number of nitrogens with zero attached hydrogens (tertiary/aromatic N) is 4. The lowest BCUT2D eigenvalue weighted by atomic mass is 9.95. The van der Waals surface area contributed by atoms with Crippen LogP contribution in [0.25, 0.3) is 0 Å². The van der Waals surface area contributed by atoms with Gasteiger partial charge in [-0.3, -0.25) is 19.4 Å². The van der Waals surface area contributed by atoms with Crippen molar-refractivity contribution >= 4 is 5.97 Å². The summed E-state index contributed by atoms with van der Waals surface area (Å²) < 4.78 is 1.50. The summed E-state index contributed by atoms with van der Waals surface area (Å²) >= 11 is 0. The van der Waals surface area contributed by atoms with Crippen LogP contribution in [0.3, 0.4) is 0 Å². The number of rotatable bonds is 5. The van der Waals surface area contributed by atoms with E-state index in [0.29, 0.717) is 5.92 Å². The maximum Gasteiger partial charge on any atom is 0.325 e. The molecular weight excluding hydrogens is 292 g/mol. The van der Waals surface area contributed by atoms with Gasteiger partial charge in [0.05, 0.1) is 11.4 Å². The molecule has 3 heterocycles. The number of hydrogen-bond donors (Lipinski definition) is 1. The number of carbonyl (C=O) groups is 1. The first-order chi connectivity index (χ1) is 11.1. The van der Waals surface area contributed by atoms with Crippen LogP contribution in [0.15, 0.2) is 30.5 Å². The van der Waals surface area contributed by atoms with Crippen molar-refractivity contribution in [2.75, 3.05) is 13.1 Å². The van der Waals surface area contributed by atoms with Crippen molar-refractivity contribution in [3.63, 3.8) is 0 Å². The van der Waals surface area contributed by atoms with E-state index in [9.17, 15) is 4.79 Å². The Labute approximate surface area is 135 Å². The van der Waals surface area contributed by atoms with Crippen molar-refractivity contribution in [3.05, 3.63) is 47.5 Å². The molecule has 0 bridgehead atoms. The number of aryl methyl sites for hydroxylation is 1. The van der Waals surface area contributed by atoms with Gasteiger partial charge in [0.25, 0.3) is 0 Å². The van der Waals surface area contributed by atoms with Crippen LogP contribution in [0.1, 0.15) is 35.8 Å². The van der Waals surface area contributed by atoms with Crippen LogP contribution in [-0.2, 0) is 17.9 Å². The molecule has 6 heteroatoms. The first-order valence-electron chi connectivity index (χ1n) is 8.00. The van der Waals surface area contributed by atoms with Crippen LogP contribution >= 0.6 is 0 Å². The minimum Gasteiger partial charge on any atom is -0.480 e. The molecule has 1 atom stereocenters. The van der Waals surface area contributed by atoms with Crippen molar-refractivity contribution in [3.8, 4) is 0 Å². The van der Waals surface area contributed by atoms with Crippen molar-refractivity contribution in [1.29, 1.82) is 0 Å². The largest absolute Gasteiger partial charge is 0.480 e. The maximum atomic E-state index is 10.8. The van der Waals surface area contributed by atoms with E-state index in [1.54, 1.807) is 6.20 Å². The van der Waals surface area contributed by atoms with Gasteiger partial charge in [0, 0.05) is 30.9 Å². The number of hydrogen-bond acceptors (Lipinski definition) is 4. The number of carboxylic acid groups (broad SMARTS) is 1. The minimum atomic E-state index is -0.865. The molecule has 2 aromatic heterocycles. The molecule has 1 N–H and O–H groups in total. The topological polar surface area (TPSA) is 71.2 Å². The molecule has 1 aliphatic rings. The Morgan fingerprint density at radius 3 is 3.04 bits per heavy atom. The van der Waals surface area contributed by atoms with E-state index in [1.807, 2.05) is 25.1 Å². The monoisotopic (exact) mass is 314 g/mol. The van der Waals surface area contributed by atoms with E-state index in [2.05, 4.69) is 21.0 Å². The van der Waals surface area contributed by atoms with Crippen molar-refractivity contribution in [2.45, 2.75) is 38.8 Å². The number of aromatic nitrogens is 3. The lowest BCUT2D eigenvalue weighted by molar-refractivity contribution is -0.137. The first kappa shape index (κ1) is 15.7. The second kappa shape index (κ2) is 6.91. The van der Waals surface area contributed by atoms with E-state index >= 15 is 0 Å². The zero-order valence-electron chi connectivity index (χ0n) is 13.4. The number of pyridine rings is 1. The van der Waals surface area contributed by atoms with Gasteiger partial charge in [-0.25, -0.2) is 0 Å². The van der Waals surface area contributed by atoms with E-state index in [1.165, 1.54) is 4.68 Å². The minimum absolute atomic E-state index is 0.0797. The molecule has 0 saturated carbocycles. The van der Waals surface area contributed by atoms with E-state index < -0.39 is 5.97 Å². The summed E-state index contributed by atoms with van der Waals surface area (Å²) in [5.74, 6) is -0.501. The zero-order valence-corrected chi connectivity index (χ0v) is 13.4. The molecule has 0 amide bonds. The van der Waals surface area contributed by atoms with Crippen molar-refractivity contribution in [1.82, 2.24) is 19.7 Å². The summed E-state index contributed by atoms with van der Waals surface area (Å²) in [6.07, 6.45) is 3.98. The van der Waals surface area contributed by atoms with Crippen molar-refractivity contribution < 1.29 is 9.90 Å². The molecule has 3 rings (SSSR count). The summed E-state index contributed by atoms with van der Waals surface area (Å²) in [7, 11) is 0. The van der Waals surface area contributed by atoms with Gasteiger partial charge < -0.3 is 5.11 Å². The molecule has 0 unspecified atom stereocenters. The van der Waals surface area contributed by atoms with Gasteiger partial charge in [0.2, 0.25) is 0 Å². The Morgan fingerprint density at radius 2 is 2.26 bits per heavy atom. The van der Waals surface area contributed by atoms with Gasteiger partial charge in [0.1, 0.15) is 6.54 Å². The van der Waals surface area contributed by atoms with Gasteiger partial charge in [-0.2, -0.15) is 5.10 Å². The van der Waals surface area contributed by atoms with Crippen LogP contribution in [-0.4, -0.2) is 43.8 Å². The Bertz CT molecular complexity index is 683. The Hall–Kier alpha value is -2.21. The molecule has 2 aromatic rings. The fourth-order valence-electron chi connectivity index (χ4n) is 3.18. The fourth-order valence-corrected chi connectivity index (χ4v) is 3.18. The summed E-state index contributed by atoms with van der Waals surface area (Å²) in [4.78, 5) is 17.7. The highest BCUT2D eigenvalue weighted by Crippen LogP contribution is 2.26. The third kappa shape index (κ3) is 4.16. The number of piperidine rings is 1. The van der Waals surface area contributed by atoms with Crippen LogP contribution < -0.4 is 0 Å². The first-order valence-corrected chi connectivity index (χ1v) is 8.00. The van der Waals surface area contributed by atoms with Gasteiger partial charge >= 0.3 is 5.97 Å².